The van der Waals surface area contributed by atoms with Crippen LogP contribution in [-0.2, 0) is 9.53 Å². The molecule has 2 nitrogen and oxygen atoms in total. The third-order valence-corrected chi connectivity index (χ3v) is 5.11. The van der Waals surface area contributed by atoms with E-state index in [2.05, 4.69) is 0 Å². The Bertz CT molecular complexity index is 457. The zero-order chi connectivity index (χ0) is 16.1. The molecule has 0 spiro atoms. The van der Waals surface area contributed by atoms with Gasteiger partial charge in [0.05, 0.1) is 29.4 Å². The minimum Gasteiger partial charge on any atom is -0.466 e. The molecule has 0 saturated heterocycles. The van der Waals surface area contributed by atoms with Crippen molar-refractivity contribution in [2.24, 2.45) is 10.8 Å². The predicted octanol–water partition coefficient (Wildman–Crippen LogP) is 5.35. The SMILES string of the molecule is CCOC(=O)C(C)(C)C(C)(C)CC(SF)c1ccccc1. The van der Waals surface area contributed by atoms with E-state index in [1.54, 1.807) is 6.92 Å². The van der Waals surface area contributed by atoms with Crippen LogP contribution in [0.3, 0.4) is 0 Å². The molecule has 0 amide bonds. The van der Waals surface area contributed by atoms with E-state index < -0.39 is 10.8 Å². The van der Waals surface area contributed by atoms with Crippen molar-refractivity contribution in [3.05, 3.63) is 35.9 Å². The monoisotopic (exact) mass is 312 g/mol. The molecule has 0 aliphatic carbocycles. The predicted molar refractivity (Wildman–Crippen MR) is 86.7 cm³/mol. The molecule has 0 fully saturated rings. The van der Waals surface area contributed by atoms with Gasteiger partial charge in [-0.2, -0.15) is 3.89 Å². The number of carbonyl (C=O) groups excluding carboxylic acids is 1. The first-order valence-corrected chi connectivity index (χ1v) is 8.04. The maximum atomic E-state index is 13.4. The first-order chi connectivity index (χ1) is 9.76. The fourth-order valence-corrected chi connectivity index (χ4v) is 2.91. The highest BCUT2D eigenvalue weighted by Gasteiger charge is 2.45. The van der Waals surface area contributed by atoms with Crippen LogP contribution in [-0.4, -0.2) is 12.6 Å². The van der Waals surface area contributed by atoms with E-state index in [0.717, 1.165) is 5.56 Å². The van der Waals surface area contributed by atoms with Crippen molar-refractivity contribution in [2.75, 3.05) is 6.61 Å². The number of ether oxygens (including phenoxy) is 1. The highest BCUT2D eigenvalue weighted by molar-refractivity contribution is 7.94. The smallest absolute Gasteiger partial charge is 0.312 e. The molecule has 1 atom stereocenters. The number of rotatable bonds is 7. The fourth-order valence-electron chi connectivity index (χ4n) is 2.17. The Hall–Kier alpha value is -1.03. The molecule has 118 valence electrons. The minimum absolute atomic E-state index is 0.231. The molecule has 21 heavy (non-hydrogen) atoms. The number of benzene rings is 1. The van der Waals surface area contributed by atoms with E-state index in [1.807, 2.05) is 58.0 Å². The summed E-state index contributed by atoms with van der Waals surface area (Å²) >= 11 is 0.339. The van der Waals surface area contributed by atoms with Crippen LogP contribution < -0.4 is 0 Å². The average Bonchev–Trinajstić information content (AvgIpc) is 2.45. The van der Waals surface area contributed by atoms with Gasteiger partial charge in [0.25, 0.3) is 0 Å². The number of hydrogen-bond donors (Lipinski definition) is 0. The molecule has 0 bridgehead atoms. The van der Waals surface area contributed by atoms with Gasteiger partial charge in [-0.05, 0) is 38.2 Å². The highest BCUT2D eigenvalue weighted by Crippen LogP contribution is 2.49. The standard InChI is InChI=1S/C17H25FO2S/c1-6-20-15(19)17(4,5)16(2,3)12-14(21-18)13-10-8-7-9-11-13/h7-11,14H,6,12H2,1-5H3. The van der Waals surface area contributed by atoms with Crippen molar-refractivity contribution in [3.63, 3.8) is 0 Å². The van der Waals surface area contributed by atoms with Crippen molar-refractivity contribution in [3.8, 4) is 0 Å². The summed E-state index contributed by atoms with van der Waals surface area (Å²) in [5.41, 5.74) is -0.123. The Kier molecular flexibility index (Phi) is 6.26. The van der Waals surface area contributed by atoms with Crippen LogP contribution in [0.15, 0.2) is 30.3 Å². The Morgan fingerprint density at radius 1 is 1.24 bits per heavy atom. The van der Waals surface area contributed by atoms with Crippen LogP contribution in [0.1, 0.15) is 51.9 Å². The summed E-state index contributed by atoms with van der Waals surface area (Å²) in [7, 11) is 0. The van der Waals surface area contributed by atoms with E-state index in [9.17, 15) is 8.68 Å². The Morgan fingerprint density at radius 2 is 1.81 bits per heavy atom. The van der Waals surface area contributed by atoms with Gasteiger partial charge in [-0.25, -0.2) is 0 Å². The zero-order valence-electron chi connectivity index (χ0n) is 13.5. The van der Waals surface area contributed by atoms with E-state index in [1.165, 1.54) is 0 Å². The molecule has 0 aliphatic rings. The summed E-state index contributed by atoms with van der Waals surface area (Å²) in [5, 5.41) is -0.282. The van der Waals surface area contributed by atoms with Gasteiger partial charge in [0.2, 0.25) is 0 Å². The maximum Gasteiger partial charge on any atom is 0.312 e. The number of esters is 1. The van der Waals surface area contributed by atoms with Crippen LogP contribution in [0.5, 0.6) is 0 Å². The third-order valence-electron chi connectivity index (χ3n) is 4.45. The van der Waals surface area contributed by atoms with Crippen molar-refractivity contribution >= 4 is 18.1 Å². The first-order valence-electron chi connectivity index (χ1n) is 7.26. The Balaban J connectivity index is 2.94. The second-order valence-electron chi connectivity index (χ2n) is 6.42. The summed E-state index contributed by atoms with van der Waals surface area (Å²) in [6.45, 7) is 9.89. The van der Waals surface area contributed by atoms with Crippen LogP contribution in [0.25, 0.3) is 0 Å². The third kappa shape index (κ3) is 4.22. The van der Waals surface area contributed by atoms with Gasteiger partial charge >= 0.3 is 5.97 Å². The van der Waals surface area contributed by atoms with Crippen LogP contribution in [0, 0.1) is 10.8 Å². The minimum atomic E-state index is -0.675. The van der Waals surface area contributed by atoms with Crippen molar-refractivity contribution < 1.29 is 13.4 Å². The van der Waals surface area contributed by atoms with Gasteiger partial charge in [0, 0.05) is 0 Å². The van der Waals surface area contributed by atoms with Gasteiger partial charge in [-0.1, -0.05) is 44.2 Å². The molecule has 4 heteroatoms. The largest absolute Gasteiger partial charge is 0.466 e. The van der Waals surface area contributed by atoms with E-state index in [-0.39, 0.29) is 11.2 Å². The van der Waals surface area contributed by atoms with Gasteiger partial charge < -0.3 is 4.74 Å². The molecule has 0 N–H and O–H groups in total. The molecule has 1 aromatic carbocycles. The lowest BCUT2D eigenvalue weighted by atomic mass is 9.65. The second-order valence-corrected chi connectivity index (χ2v) is 7.17. The summed E-state index contributed by atoms with van der Waals surface area (Å²) < 4.78 is 18.6. The topological polar surface area (TPSA) is 26.3 Å². The number of carbonyl (C=O) groups is 1. The normalized spacial score (nSPS) is 13.8. The van der Waals surface area contributed by atoms with E-state index in [4.69, 9.17) is 4.74 Å². The summed E-state index contributed by atoms with van der Waals surface area (Å²) in [6, 6.07) is 9.57. The summed E-state index contributed by atoms with van der Waals surface area (Å²) in [4.78, 5) is 12.2. The maximum absolute atomic E-state index is 13.4. The van der Waals surface area contributed by atoms with Gasteiger partial charge in [-0.15, -0.1) is 0 Å². The molecular weight excluding hydrogens is 287 g/mol. The molecular formula is C17H25FO2S. The molecule has 0 radical (unpaired) electrons. The fraction of sp³-hybridized carbons (Fsp3) is 0.588. The quantitative estimate of drug-likeness (QED) is 0.635. The second kappa shape index (κ2) is 7.30. The molecule has 1 unspecified atom stereocenters. The summed E-state index contributed by atoms with van der Waals surface area (Å²) in [5.74, 6) is -0.231. The molecule has 0 aliphatic heterocycles. The van der Waals surface area contributed by atoms with Crippen LogP contribution in [0.2, 0.25) is 0 Å². The molecule has 1 rings (SSSR count). The first kappa shape index (κ1) is 18.0. The average molecular weight is 312 g/mol. The zero-order valence-corrected chi connectivity index (χ0v) is 14.3. The van der Waals surface area contributed by atoms with Crippen molar-refractivity contribution in [1.82, 2.24) is 0 Å². The molecule has 1 aromatic rings. The molecule has 0 aromatic heterocycles. The van der Waals surface area contributed by atoms with Gasteiger partial charge in [0.1, 0.15) is 0 Å². The van der Waals surface area contributed by atoms with Crippen LogP contribution in [0.4, 0.5) is 3.89 Å². The lowest BCUT2D eigenvalue weighted by Gasteiger charge is -2.41. The van der Waals surface area contributed by atoms with Gasteiger partial charge in [-0.3, -0.25) is 4.79 Å². The Labute approximate surface area is 131 Å². The van der Waals surface area contributed by atoms with Crippen molar-refractivity contribution in [2.45, 2.75) is 46.3 Å². The highest BCUT2D eigenvalue weighted by atomic mass is 32.2. The van der Waals surface area contributed by atoms with Crippen molar-refractivity contribution in [1.29, 1.82) is 0 Å². The lowest BCUT2D eigenvalue weighted by molar-refractivity contribution is -0.160. The number of halogens is 1. The molecule has 0 heterocycles. The van der Waals surface area contributed by atoms with Crippen LogP contribution >= 0.6 is 12.1 Å². The van der Waals surface area contributed by atoms with E-state index >= 15 is 0 Å². The number of hydrogen-bond acceptors (Lipinski definition) is 3. The summed E-state index contributed by atoms with van der Waals surface area (Å²) in [6.07, 6.45) is 0.560. The Morgan fingerprint density at radius 3 is 2.29 bits per heavy atom. The molecule has 0 saturated carbocycles. The van der Waals surface area contributed by atoms with Gasteiger partial charge in [0.15, 0.2) is 0 Å². The van der Waals surface area contributed by atoms with E-state index in [0.29, 0.717) is 25.2 Å². The lowest BCUT2D eigenvalue weighted by Crippen LogP contribution is -2.41.